The minimum Gasteiger partial charge on any atom is -0.373 e. The van der Waals surface area contributed by atoms with Crippen LogP contribution in [-0.4, -0.2) is 86.5 Å². The molecule has 0 N–H and O–H groups in total. The maximum atomic E-state index is 13.2. The van der Waals surface area contributed by atoms with Crippen LogP contribution in [0.15, 0.2) is 23.1 Å². The van der Waals surface area contributed by atoms with Gasteiger partial charge >= 0.3 is 0 Å². The maximum absolute atomic E-state index is 13.2. The normalized spacial score (nSPS) is 26.6. The Bertz CT molecular complexity index is 956. The maximum Gasteiger partial charge on any atom is 0.243 e. The highest BCUT2D eigenvalue weighted by atomic mass is 32.2. The number of ether oxygens (including phenoxy) is 1. The molecule has 190 valence electrons. The van der Waals surface area contributed by atoms with Crippen molar-refractivity contribution in [2.75, 3.05) is 45.8 Å². The summed E-state index contributed by atoms with van der Waals surface area (Å²) in [7, 11) is -3.51. The number of rotatable bonds is 5. The molecule has 3 aliphatic heterocycles. The van der Waals surface area contributed by atoms with Crippen LogP contribution in [0.1, 0.15) is 50.7 Å². The molecule has 0 aliphatic carbocycles. The molecular weight excluding hydrogens is 450 g/mol. The Kier molecular flexibility index (Phi) is 8.02. The van der Waals surface area contributed by atoms with E-state index in [1.54, 1.807) is 16.4 Å². The second-order valence-corrected chi connectivity index (χ2v) is 12.6. The summed E-state index contributed by atoms with van der Waals surface area (Å²) >= 11 is 0. The molecule has 0 bridgehead atoms. The van der Waals surface area contributed by atoms with Crippen LogP contribution in [0, 0.1) is 25.7 Å². The monoisotopic (exact) mass is 491 g/mol. The number of sulfonamides is 1. The van der Waals surface area contributed by atoms with Gasteiger partial charge in [0, 0.05) is 51.7 Å². The molecule has 3 aliphatic rings. The molecule has 0 spiro atoms. The molecule has 0 aromatic heterocycles. The molecule has 1 aromatic rings. The van der Waals surface area contributed by atoms with Gasteiger partial charge < -0.3 is 9.64 Å². The van der Waals surface area contributed by atoms with Crippen LogP contribution in [0.5, 0.6) is 0 Å². The Morgan fingerprint density at radius 2 is 1.56 bits per heavy atom. The molecule has 8 heteroatoms. The van der Waals surface area contributed by atoms with E-state index in [9.17, 15) is 13.2 Å². The number of morpholine rings is 1. The second kappa shape index (κ2) is 10.6. The van der Waals surface area contributed by atoms with E-state index in [1.165, 1.54) is 0 Å². The molecule has 7 nitrogen and oxygen atoms in total. The summed E-state index contributed by atoms with van der Waals surface area (Å²) in [5, 5.41) is 0. The van der Waals surface area contributed by atoms with E-state index in [1.807, 2.05) is 24.8 Å². The quantitative estimate of drug-likeness (QED) is 0.633. The van der Waals surface area contributed by atoms with Crippen molar-refractivity contribution in [3.05, 3.63) is 29.3 Å². The lowest BCUT2D eigenvalue weighted by Crippen LogP contribution is -2.50. The Hall–Kier alpha value is -1.48. The molecule has 2 atom stereocenters. The van der Waals surface area contributed by atoms with Crippen LogP contribution >= 0.6 is 0 Å². The molecule has 0 radical (unpaired) electrons. The molecule has 2 unspecified atom stereocenters. The van der Waals surface area contributed by atoms with Gasteiger partial charge in [-0.1, -0.05) is 6.07 Å². The van der Waals surface area contributed by atoms with Crippen LogP contribution < -0.4 is 0 Å². The summed E-state index contributed by atoms with van der Waals surface area (Å²) in [6.07, 6.45) is 3.88. The first-order chi connectivity index (χ1) is 16.1. The molecule has 4 rings (SSSR count). The van der Waals surface area contributed by atoms with Gasteiger partial charge in [0.2, 0.25) is 15.9 Å². The van der Waals surface area contributed by atoms with Gasteiger partial charge in [0.05, 0.1) is 17.1 Å². The first-order valence-corrected chi connectivity index (χ1v) is 14.3. The fourth-order valence-electron chi connectivity index (χ4n) is 5.76. The molecule has 3 heterocycles. The van der Waals surface area contributed by atoms with Crippen molar-refractivity contribution >= 4 is 15.9 Å². The molecule has 0 saturated carbocycles. The van der Waals surface area contributed by atoms with Gasteiger partial charge in [-0.25, -0.2) is 8.42 Å². The van der Waals surface area contributed by atoms with Gasteiger partial charge in [0.25, 0.3) is 0 Å². The number of carbonyl (C=O) groups is 1. The highest BCUT2D eigenvalue weighted by Crippen LogP contribution is 2.28. The van der Waals surface area contributed by atoms with Gasteiger partial charge in [-0.15, -0.1) is 0 Å². The van der Waals surface area contributed by atoms with E-state index in [2.05, 4.69) is 18.7 Å². The van der Waals surface area contributed by atoms with Gasteiger partial charge in [-0.3, -0.25) is 9.69 Å². The number of hydrogen-bond acceptors (Lipinski definition) is 5. The molecule has 3 fully saturated rings. The number of hydrogen-bond donors (Lipinski definition) is 0. The van der Waals surface area contributed by atoms with Crippen molar-refractivity contribution in [1.82, 2.24) is 14.1 Å². The number of amides is 1. The number of carbonyl (C=O) groups excluding carboxylic acids is 1. The Morgan fingerprint density at radius 1 is 0.941 bits per heavy atom. The van der Waals surface area contributed by atoms with E-state index in [0.29, 0.717) is 36.7 Å². The SMILES string of the molecule is Cc1ccc(S(=O)(=O)N2CCC(C(=O)N3CCC(CN4CC(C)OC(C)C4)CC3)CC2)cc1C. The molecular formula is C26H41N3O4S. The first kappa shape index (κ1) is 25.6. The summed E-state index contributed by atoms with van der Waals surface area (Å²) in [4.78, 5) is 18.1. The van der Waals surface area contributed by atoms with Crippen molar-refractivity contribution in [2.45, 2.75) is 70.5 Å². The third kappa shape index (κ3) is 5.83. The first-order valence-electron chi connectivity index (χ1n) is 12.9. The summed E-state index contributed by atoms with van der Waals surface area (Å²) in [5.41, 5.74) is 2.06. The average Bonchev–Trinajstić information content (AvgIpc) is 2.80. The molecule has 1 amide bonds. The smallest absolute Gasteiger partial charge is 0.243 e. The van der Waals surface area contributed by atoms with Crippen LogP contribution in [0.2, 0.25) is 0 Å². The average molecular weight is 492 g/mol. The second-order valence-electron chi connectivity index (χ2n) is 10.7. The number of benzene rings is 1. The van der Waals surface area contributed by atoms with Crippen molar-refractivity contribution in [2.24, 2.45) is 11.8 Å². The number of aryl methyl sites for hydroxylation is 2. The van der Waals surface area contributed by atoms with Crippen LogP contribution in [0.25, 0.3) is 0 Å². The Labute approximate surface area is 205 Å². The Balaban J connectivity index is 1.25. The molecule has 3 saturated heterocycles. The molecule has 1 aromatic carbocycles. The van der Waals surface area contributed by atoms with Crippen LogP contribution in [0.3, 0.4) is 0 Å². The lowest BCUT2D eigenvalue weighted by Gasteiger charge is -2.40. The number of nitrogens with zero attached hydrogens (tertiary/aromatic N) is 3. The summed E-state index contributed by atoms with van der Waals surface area (Å²) in [5.74, 6) is 0.783. The highest BCUT2D eigenvalue weighted by molar-refractivity contribution is 7.89. The highest BCUT2D eigenvalue weighted by Gasteiger charge is 2.35. The largest absolute Gasteiger partial charge is 0.373 e. The van der Waals surface area contributed by atoms with E-state index < -0.39 is 10.0 Å². The standard InChI is InChI=1S/C26H41N3O4S/c1-19-5-6-25(15-20(19)2)34(31,32)29-13-9-24(10-14-29)26(30)28-11-7-23(8-12-28)18-27-16-21(3)33-22(4)17-27/h5-6,15,21-24H,7-14,16-18H2,1-4H3. The fraction of sp³-hybridized carbons (Fsp3) is 0.731. The third-order valence-electron chi connectivity index (χ3n) is 7.86. The van der Waals surface area contributed by atoms with E-state index >= 15 is 0 Å². The zero-order valence-corrected chi connectivity index (χ0v) is 22.0. The van der Waals surface area contributed by atoms with E-state index in [-0.39, 0.29) is 24.0 Å². The zero-order valence-electron chi connectivity index (χ0n) is 21.2. The Morgan fingerprint density at radius 3 is 2.15 bits per heavy atom. The van der Waals surface area contributed by atoms with Gasteiger partial charge in [0.15, 0.2) is 0 Å². The predicted molar refractivity (Wildman–Crippen MR) is 133 cm³/mol. The summed E-state index contributed by atoms with van der Waals surface area (Å²) in [6.45, 7) is 13.7. The van der Waals surface area contributed by atoms with Gasteiger partial charge in [0.1, 0.15) is 0 Å². The van der Waals surface area contributed by atoms with Crippen LogP contribution in [0.4, 0.5) is 0 Å². The van der Waals surface area contributed by atoms with Crippen molar-refractivity contribution in [3.8, 4) is 0 Å². The van der Waals surface area contributed by atoms with Crippen LogP contribution in [-0.2, 0) is 19.6 Å². The van der Waals surface area contributed by atoms with Crippen molar-refractivity contribution < 1.29 is 17.9 Å². The minimum atomic E-state index is -3.51. The topological polar surface area (TPSA) is 70.2 Å². The summed E-state index contributed by atoms with van der Waals surface area (Å²) < 4.78 is 33.6. The lowest BCUT2D eigenvalue weighted by atomic mass is 9.92. The third-order valence-corrected chi connectivity index (χ3v) is 9.75. The lowest BCUT2D eigenvalue weighted by molar-refractivity contribution is -0.138. The summed E-state index contributed by atoms with van der Waals surface area (Å²) in [6, 6.07) is 5.31. The predicted octanol–water partition coefficient (Wildman–Crippen LogP) is 3.05. The number of piperidine rings is 2. The minimum absolute atomic E-state index is 0.0660. The zero-order chi connectivity index (χ0) is 24.5. The van der Waals surface area contributed by atoms with Gasteiger partial charge in [-0.05, 0) is 82.6 Å². The number of likely N-dealkylation sites (tertiary alicyclic amines) is 1. The van der Waals surface area contributed by atoms with Crippen molar-refractivity contribution in [3.63, 3.8) is 0 Å². The van der Waals surface area contributed by atoms with E-state index in [0.717, 1.165) is 56.7 Å². The fourth-order valence-corrected chi connectivity index (χ4v) is 7.31. The molecule has 34 heavy (non-hydrogen) atoms. The van der Waals surface area contributed by atoms with Gasteiger partial charge in [-0.2, -0.15) is 4.31 Å². The van der Waals surface area contributed by atoms with Crippen molar-refractivity contribution in [1.29, 1.82) is 0 Å². The van der Waals surface area contributed by atoms with E-state index in [4.69, 9.17) is 4.74 Å².